The number of rotatable bonds is 3. The van der Waals surface area contributed by atoms with Crippen LogP contribution in [0.4, 0.5) is 5.69 Å². The van der Waals surface area contributed by atoms with Gasteiger partial charge in [-0.25, -0.2) is 4.98 Å². The number of aryl methyl sites for hydroxylation is 2. The van der Waals surface area contributed by atoms with Gasteiger partial charge in [0.05, 0.1) is 11.0 Å². The summed E-state index contributed by atoms with van der Waals surface area (Å²) in [5.74, 6) is 1.05. The summed E-state index contributed by atoms with van der Waals surface area (Å²) in [5.41, 5.74) is 3.40. The van der Waals surface area contributed by atoms with Crippen LogP contribution in [0, 0.1) is 6.92 Å². The standard InChI is InChI=1S/C13H19N3/c1-5-9(2)14-11-6-7-13-12(8-11)15-10(3)16(13)4/h6-9,14H,5H2,1-4H3. The van der Waals surface area contributed by atoms with Crippen molar-refractivity contribution in [2.75, 3.05) is 5.32 Å². The van der Waals surface area contributed by atoms with Gasteiger partial charge in [-0.05, 0) is 38.5 Å². The van der Waals surface area contributed by atoms with Crippen LogP contribution in [0.5, 0.6) is 0 Å². The van der Waals surface area contributed by atoms with E-state index in [1.165, 1.54) is 5.52 Å². The maximum Gasteiger partial charge on any atom is 0.106 e. The predicted molar refractivity (Wildman–Crippen MR) is 68.8 cm³/mol. The molecule has 0 aliphatic carbocycles. The molecule has 2 rings (SSSR count). The molecule has 2 aromatic rings. The molecule has 3 heteroatoms. The Kier molecular flexibility index (Phi) is 2.86. The van der Waals surface area contributed by atoms with Crippen LogP contribution in [-0.4, -0.2) is 15.6 Å². The van der Waals surface area contributed by atoms with Crippen molar-refractivity contribution in [2.45, 2.75) is 33.2 Å². The molecular formula is C13H19N3. The van der Waals surface area contributed by atoms with Gasteiger partial charge in [-0.1, -0.05) is 6.92 Å². The molecule has 1 unspecified atom stereocenters. The van der Waals surface area contributed by atoms with E-state index >= 15 is 0 Å². The molecule has 16 heavy (non-hydrogen) atoms. The van der Waals surface area contributed by atoms with E-state index in [1.807, 2.05) is 14.0 Å². The van der Waals surface area contributed by atoms with Gasteiger partial charge in [0.2, 0.25) is 0 Å². The Balaban J connectivity index is 2.37. The average molecular weight is 217 g/mol. The van der Waals surface area contributed by atoms with E-state index in [9.17, 15) is 0 Å². The lowest BCUT2D eigenvalue weighted by molar-refractivity contribution is 0.764. The molecule has 3 nitrogen and oxygen atoms in total. The lowest BCUT2D eigenvalue weighted by atomic mass is 10.2. The minimum Gasteiger partial charge on any atom is -0.383 e. The van der Waals surface area contributed by atoms with Gasteiger partial charge in [-0.15, -0.1) is 0 Å². The second kappa shape index (κ2) is 4.16. The van der Waals surface area contributed by atoms with Crippen molar-refractivity contribution in [3.8, 4) is 0 Å². The topological polar surface area (TPSA) is 29.9 Å². The van der Waals surface area contributed by atoms with E-state index < -0.39 is 0 Å². The fourth-order valence-electron chi connectivity index (χ4n) is 1.80. The number of nitrogens with zero attached hydrogens (tertiary/aromatic N) is 2. The summed E-state index contributed by atoms with van der Waals surface area (Å²) in [4.78, 5) is 4.53. The Hall–Kier alpha value is -1.51. The summed E-state index contributed by atoms with van der Waals surface area (Å²) in [6.45, 7) is 6.40. The van der Waals surface area contributed by atoms with Crippen molar-refractivity contribution in [1.29, 1.82) is 0 Å². The lowest BCUT2D eigenvalue weighted by Crippen LogP contribution is -2.13. The molecule has 86 valence electrons. The quantitative estimate of drug-likeness (QED) is 0.856. The van der Waals surface area contributed by atoms with Crippen LogP contribution in [-0.2, 0) is 7.05 Å². The Morgan fingerprint density at radius 3 is 2.88 bits per heavy atom. The molecule has 0 bridgehead atoms. The zero-order valence-electron chi connectivity index (χ0n) is 10.4. The molecule has 0 aliphatic rings. The van der Waals surface area contributed by atoms with E-state index in [4.69, 9.17) is 0 Å². The van der Waals surface area contributed by atoms with Gasteiger partial charge < -0.3 is 9.88 Å². The van der Waals surface area contributed by atoms with Gasteiger partial charge in [0.25, 0.3) is 0 Å². The van der Waals surface area contributed by atoms with E-state index in [2.05, 4.69) is 46.9 Å². The number of aromatic nitrogens is 2. The third kappa shape index (κ3) is 1.90. The normalized spacial score (nSPS) is 13.0. The molecule has 0 fully saturated rings. The molecule has 1 aromatic carbocycles. The molecule has 1 atom stereocenters. The smallest absolute Gasteiger partial charge is 0.106 e. The fourth-order valence-corrected chi connectivity index (χ4v) is 1.80. The highest BCUT2D eigenvalue weighted by molar-refractivity contribution is 5.80. The maximum atomic E-state index is 4.53. The zero-order chi connectivity index (χ0) is 11.7. The van der Waals surface area contributed by atoms with Crippen molar-refractivity contribution in [2.24, 2.45) is 7.05 Å². The van der Waals surface area contributed by atoms with Crippen LogP contribution in [0.1, 0.15) is 26.1 Å². The Morgan fingerprint density at radius 2 is 2.19 bits per heavy atom. The maximum absolute atomic E-state index is 4.53. The first-order valence-electron chi connectivity index (χ1n) is 5.81. The summed E-state index contributed by atoms with van der Waals surface area (Å²) >= 11 is 0. The molecule has 1 heterocycles. The van der Waals surface area contributed by atoms with Gasteiger partial charge in [0.1, 0.15) is 5.82 Å². The predicted octanol–water partition coefficient (Wildman–Crippen LogP) is 3.09. The molecule has 0 amide bonds. The Bertz CT molecular complexity index is 499. The van der Waals surface area contributed by atoms with E-state index in [0.717, 1.165) is 23.4 Å². The minimum absolute atomic E-state index is 0.502. The number of hydrogen-bond donors (Lipinski definition) is 1. The van der Waals surface area contributed by atoms with Crippen molar-refractivity contribution in [3.63, 3.8) is 0 Å². The molecule has 0 saturated carbocycles. The van der Waals surface area contributed by atoms with Crippen LogP contribution in [0.25, 0.3) is 11.0 Å². The first-order chi connectivity index (χ1) is 7.61. The van der Waals surface area contributed by atoms with Gasteiger partial charge in [-0.3, -0.25) is 0 Å². The molecule has 0 aliphatic heterocycles. The number of nitrogens with one attached hydrogen (secondary N) is 1. The van der Waals surface area contributed by atoms with Crippen LogP contribution in [0.15, 0.2) is 18.2 Å². The van der Waals surface area contributed by atoms with Gasteiger partial charge in [0, 0.05) is 18.8 Å². The Labute approximate surface area is 96.5 Å². The largest absolute Gasteiger partial charge is 0.383 e. The van der Waals surface area contributed by atoms with Crippen molar-refractivity contribution in [1.82, 2.24) is 9.55 Å². The van der Waals surface area contributed by atoms with E-state index in [0.29, 0.717) is 6.04 Å². The SMILES string of the molecule is CCC(C)Nc1ccc2c(c1)nc(C)n2C. The number of fused-ring (bicyclic) bond motifs is 1. The minimum atomic E-state index is 0.502. The van der Waals surface area contributed by atoms with Crippen LogP contribution >= 0.6 is 0 Å². The van der Waals surface area contributed by atoms with Gasteiger partial charge in [0.15, 0.2) is 0 Å². The average Bonchev–Trinajstić information content (AvgIpc) is 2.54. The van der Waals surface area contributed by atoms with Crippen molar-refractivity contribution in [3.05, 3.63) is 24.0 Å². The van der Waals surface area contributed by atoms with E-state index in [-0.39, 0.29) is 0 Å². The first kappa shape index (κ1) is 11.0. The second-order valence-electron chi connectivity index (χ2n) is 4.38. The zero-order valence-corrected chi connectivity index (χ0v) is 10.4. The summed E-state index contributed by atoms with van der Waals surface area (Å²) in [6.07, 6.45) is 1.12. The summed E-state index contributed by atoms with van der Waals surface area (Å²) < 4.78 is 2.11. The number of hydrogen-bond acceptors (Lipinski definition) is 2. The number of benzene rings is 1. The third-order valence-corrected chi connectivity index (χ3v) is 3.13. The molecule has 1 N–H and O–H groups in total. The van der Waals surface area contributed by atoms with Gasteiger partial charge in [-0.2, -0.15) is 0 Å². The summed E-state index contributed by atoms with van der Waals surface area (Å²) in [7, 11) is 2.05. The second-order valence-corrected chi connectivity index (χ2v) is 4.38. The lowest BCUT2D eigenvalue weighted by Gasteiger charge is -2.12. The summed E-state index contributed by atoms with van der Waals surface area (Å²) in [5, 5.41) is 3.46. The molecular weight excluding hydrogens is 198 g/mol. The third-order valence-electron chi connectivity index (χ3n) is 3.13. The molecule has 0 spiro atoms. The van der Waals surface area contributed by atoms with Crippen molar-refractivity contribution >= 4 is 16.7 Å². The highest BCUT2D eigenvalue weighted by atomic mass is 15.1. The molecule has 1 aromatic heterocycles. The van der Waals surface area contributed by atoms with Crippen LogP contribution < -0.4 is 5.32 Å². The highest BCUT2D eigenvalue weighted by Gasteiger charge is 2.05. The fraction of sp³-hybridized carbons (Fsp3) is 0.462. The van der Waals surface area contributed by atoms with Crippen LogP contribution in [0.2, 0.25) is 0 Å². The highest BCUT2D eigenvalue weighted by Crippen LogP contribution is 2.20. The number of anilines is 1. The number of imidazole rings is 1. The monoisotopic (exact) mass is 217 g/mol. The van der Waals surface area contributed by atoms with E-state index in [1.54, 1.807) is 0 Å². The molecule has 0 saturated heterocycles. The molecule has 0 radical (unpaired) electrons. The van der Waals surface area contributed by atoms with Gasteiger partial charge >= 0.3 is 0 Å². The first-order valence-corrected chi connectivity index (χ1v) is 5.81. The van der Waals surface area contributed by atoms with Crippen LogP contribution in [0.3, 0.4) is 0 Å². The Morgan fingerprint density at radius 1 is 1.44 bits per heavy atom. The summed E-state index contributed by atoms with van der Waals surface area (Å²) in [6, 6.07) is 6.87. The van der Waals surface area contributed by atoms with Crippen molar-refractivity contribution < 1.29 is 0 Å².